The van der Waals surface area contributed by atoms with Crippen LogP contribution in [0.3, 0.4) is 0 Å². The van der Waals surface area contributed by atoms with Crippen LogP contribution in [0.25, 0.3) is 0 Å². The summed E-state index contributed by atoms with van der Waals surface area (Å²) in [6.07, 6.45) is -0.176. The van der Waals surface area contributed by atoms with E-state index >= 15 is 0 Å². The number of benzene rings is 2. The van der Waals surface area contributed by atoms with Crippen molar-refractivity contribution in [1.82, 2.24) is 0 Å². The Bertz CT molecular complexity index is 818. The second-order valence-electron chi connectivity index (χ2n) is 5.94. The Morgan fingerprint density at radius 1 is 0.793 bits per heavy atom. The lowest BCUT2D eigenvalue weighted by Crippen LogP contribution is -2.21. The van der Waals surface area contributed by atoms with E-state index in [0.717, 1.165) is 0 Å². The molecule has 0 saturated carbocycles. The predicted octanol–water partition coefficient (Wildman–Crippen LogP) is 2.99. The second kappa shape index (κ2) is 11.3. The monoisotopic (exact) mass is 400 g/mol. The molecule has 0 aliphatic heterocycles. The van der Waals surface area contributed by atoms with Gasteiger partial charge in [0.25, 0.3) is 5.91 Å². The summed E-state index contributed by atoms with van der Waals surface area (Å²) >= 11 is 0. The Kier molecular flexibility index (Phi) is 8.50. The molecule has 2 aromatic carbocycles. The first-order chi connectivity index (χ1) is 14.0. The molecule has 0 unspecified atom stereocenters. The highest BCUT2D eigenvalue weighted by molar-refractivity contribution is 5.94. The van der Waals surface area contributed by atoms with Gasteiger partial charge in [-0.3, -0.25) is 14.4 Å². The van der Waals surface area contributed by atoms with Crippen LogP contribution in [0.2, 0.25) is 0 Å². The molecule has 0 atom stereocenters. The van der Waals surface area contributed by atoms with Gasteiger partial charge >= 0.3 is 5.97 Å². The van der Waals surface area contributed by atoms with Gasteiger partial charge in [-0.1, -0.05) is 0 Å². The minimum absolute atomic E-state index is 0.0495. The molecule has 0 saturated heterocycles. The molecule has 0 fully saturated rings. The van der Waals surface area contributed by atoms with Crippen molar-refractivity contribution < 1.29 is 28.6 Å². The Labute approximate surface area is 169 Å². The summed E-state index contributed by atoms with van der Waals surface area (Å²) in [4.78, 5) is 35.5. The van der Waals surface area contributed by atoms with Crippen LogP contribution in [0.15, 0.2) is 48.5 Å². The number of ether oxygens (including phenoxy) is 3. The second-order valence-corrected chi connectivity index (χ2v) is 5.94. The lowest BCUT2D eigenvalue weighted by atomic mass is 10.2. The van der Waals surface area contributed by atoms with Crippen molar-refractivity contribution in [1.29, 1.82) is 0 Å². The number of carbonyl (C=O) groups excluding carboxylic acids is 3. The normalized spacial score (nSPS) is 10.0. The van der Waals surface area contributed by atoms with Crippen LogP contribution in [-0.4, -0.2) is 38.1 Å². The lowest BCUT2D eigenvalue weighted by molar-refractivity contribution is -0.147. The fourth-order valence-corrected chi connectivity index (χ4v) is 2.33. The van der Waals surface area contributed by atoms with Gasteiger partial charge in [0.2, 0.25) is 5.91 Å². The molecule has 2 aromatic rings. The van der Waals surface area contributed by atoms with E-state index in [1.54, 1.807) is 55.6 Å². The maximum atomic E-state index is 11.9. The molecule has 8 nitrogen and oxygen atoms in total. The molecule has 29 heavy (non-hydrogen) atoms. The number of anilines is 2. The predicted molar refractivity (Wildman–Crippen MR) is 108 cm³/mol. The number of hydrogen-bond donors (Lipinski definition) is 2. The number of amides is 2. The number of hydrogen-bond acceptors (Lipinski definition) is 6. The molecule has 0 aromatic heterocycles. The van der Waals surface area contributed by atoms with E-state index in [1.165, 1.54) is 0 Å². The molecule has 0 bridgehead atoms. The molecule has 2 rings (SSSR count). The summed E-state index contributed by atoms with van der Waals surface area (Å²) in [6.45, 7) is 2.02. The minimum atomic E-state index is -0.628. The van der Waals surface area contributed by atoms with Gasteiger partial charge in [0.05, 0.1) is 20.1 Å². The van der Waals surface area contributed by atoms with E-state index in [-0.39, 0.29) is 18.7 Å². The Morgan fingerprint density at radius 2 is 1.34 bits per heavy atom. The third kappa shape index (κ3) is 7.92. The summed E-state index contributed by atoms with van der Waals surface area (Å²) in [5, 5.41) is 5.28. The van der Waals surface area contributed by atoms with Gasteiger partial charge in [-0.05, 0) is 55.5 Å². The van der Waals surface area contributed by atoms with Gasteiger partial charge in [-0.15, -0.1) is 0 Å². The Hall–Kier alpha value is -3.55. The highest BCUT2D eigenvalue weighted by atomic mass is 16.5. The molecule has 8 heteroatoms. The topological polar surface area (TPSA) is 103 Å². The summed E-state index contributed by atoms with van der Waals surface area (Å²) in [7, 11) is 1.55. The highest BCUT2D eigenvalue weighted by Crippen LogP contribution is 2.16. The first-order valence-corrected chi connectivity index (χ1v) is 9.12. The van der Waals surface area contributed by atoms with Crippen LogP contribution in [0, 0.1) is 0 Å². The SMILES string of the molecule is CCOc1ccc(NC(=O)CCC(=O)OCC(=O)Nc2ccc(OC)cc2)cc1. The van der Waals surface area contributed by atoms with Gasteiger partial charge in [0, 0.05) is 17.8 Å². The summed E-state index contributed by atoms with van der Waals surface area (Å²) in [5.74, 6) is -0.0483. The average Bonchev–Trinajstić information content (AvgIpc) is 2.73. The van der Waals surface area contributed by atoms with Crippen LogP contribution in [0.1, 0.15) is 19.8 Å². The molecule has 0 radical (unpaired) electrons. The van der Waals surface area contributed by atoms with E-state index in [4.69, 9.17) is 14.2 Å². The standard InChI is InChI=1S/C21H24N2O6/c1-3-28-18-10-6-15(7-11-18)22-19(24)12-13-21(26)29-14-20(25)23-16-4-8-17(27-2)9-5-16/h4-11H,3,12-14H2,1-2H3,(H,22,24)(H,23,25). The zero-order valence-corrected chi connectivity index (χ0v) is 16.4. The Morgan fingerprint density at radius 3 is 1.90 bits per heavy atom. The Balaban J connectivity index is 1.66. The number of methoxy groups -OCH3 is 1. The van der Waals surface area contributed by atoms with E-state index in [1.807, 2.05) is 6.92 Å². The van der Waals surface area contributed by atoms with Crippen molar-refractivity contribution in [2.75, 3.05) is 31.0 Å². The number of nitrogens with one attached hydrogen (secondary N) is 2. The smallest absolute Gasteiger partial charge is 0.306 e. The molecular weight excluding hydrogens is 376 g/mol. The van der Waals surface area contributed by atoms with Crippen molar-refractivity contribution in [2.45, 2.75) is 19.8 Å². The van der Waals surface area contributed by atoms with Gasteiger partial charge in [0.15, 0.2) is 6.61 Å². The number of rotatable bonds is 10. The third-order valence-corrected chi connectivity index (χ3v) is 3.74. The third-order valence-electron chi connectivity index (χ3n) is 3.74. The van der Waals surface area contributed by atoms with Crippen LogP contribution in [-0.2, 0) is 19.1 Å². The highest BCUT2D eigenvalue weighted by Gasteiger charge is 2.11. The largest absolute Gasteiger partial charge is 0.497 e. The van der Waals surface area contributed by atoms with Gasteiger partial charge in [-0.2, -0.15) is 0 Å². The van der Waals surface area contributed by atoms with Crippen molar-refractivity contribution in [2.24, 2.45) is 0 Å². The van der Waals surface area contributed by atoms with E-state index in [2.05, 4.69) is 10.6 Å². The van der Waals surface area contributed by atoms with Crippen molar-refractivity contribution >= 4 is 29.2 Å². The first-order valence-electron chi connectivity index (χ1n) is 9.12. The van der Waals surface area contributed by atoms with E-state index in [0.29, 0.717) is 29.5 Å². The molecule has 0 aliphatic rings. The summed E-state index contributed by atoms with van der Waals surface area (Å²) < 4.78 is 15.3. The van der Waals surface area contributed by atoms with Crippen molar-refractivity contribution in [3.63, 3.8) is 0 Å². The zero-order valence-electron chi connectivity index (χ0n) is 16.4. The van der Waals surface area contributed by atoms with Crippen LogP contribution >= 0.6 is 0 Å². The molecule has 154 valence electrons. The zero-order chi connectivity index (χ0) is 21.1. The lowest BCUT2D eigenvalue weighted by Gasteiger charge is -2.08. The van der Waals surface area contributed by atoms with Crippen LogP contribution in [0.5, 0.6) is 11.5 Å². The first kappa shape index (κ1) is 21.7. The molecule has 2 amide bonds. The minimum Gasteiger partial charge on any atom is -0.497 e. The molecule has 0 spiro atoms. The van der Waals surface area contributed by atoms with Crippen molar-refractivity contribution in [3.8, 4) is 11.5 Å². The maximum Gasteiger partial charge on any atom is 0.306 e. The molecule has 0 heterocycles. The van der Waals surface area contributed by atoms with Crippen LogP contribution < -0.4 is 20.1 Å². The van der Waals surface area contributed by atoms with Crippen molar-refractivity contribution in [3.05, 3.63) is 48.5 Å². The molecule has 0 aliphatic carbocycles. The van der Waals surface area contributed by atoms with Gasteiger partial charge in [0.1, 0.15) is 11.5 Å². The summed E-state index contributed by atoms with van der Waals surface area (Å²) in [5.41, 5.74) is 1.16. The van der Waals surface area contributed by atoms with Gasteiger partial charge < -0.3 is 24.8 Å². The van der Waals surface area contributed by atoms with E-state index < -0.39 is 18.5 Å². The number of carbonyl (C=O) groups is 3. The van der Waals surface area contributed by atoms with Crippen LogP contribution in [0.4, 0.5) is 11.4 Å². The number of esters is 1. The van der Waals surface area contributed by atoms with E-state index in [9.17, 15) is 14.4 Å². The summed E-state index contributed by atoms with van der Waals surface area (Å²) in [6, 6.07) is 13.7. The van der Waals surface area contributed by atoms with Gasteiger partial charge in [-0.25, -0.2) is 0 Å². The molecular formula is C21H24N2O6. The molecule has 2 N–H and O–H groups in total. The average molecular weight is 400 g/mol. The fourth-order valence-electron chi connectivity index (χ4n) is 2.33. The maximum absolute atomic E-state index is 11.9. The fraction of sp³-hybridized carbons (Fsp3) is 0.286. The quantitative estimate of drug-likeness (QED) is 0.595.